The average Bonchev–Trinajstić information content (AvgIpc) is 2.46. The van der Waals surface area contributed by atoms with Gasteiger partial charge in [-0.05, 0) is 23.9 Å². The normalized spacial score (nSPS) is 7.71. The average molecular weight is 233 g/mol. The topological polar surface area (TPSA) is 12.9 Å². The molecule has 0 aliphatic rings. The minimum absolute atomic E-state index is 1.25. The summed E-state index contributed by atoms with van der Waals surface area (Å²) < 4.78 is 0. The summed E-state index contributed by atoms with van der Waals surface area (Å²) >= 11 is 0. The molecule has 2 rings (SSSR count). The van der Waals surface area contributed by atoms with E-state index in [0.717, 1.165) is 0 Å². The Morgan fingerprint density at radius 2 is 1.41 bits per heavy atom. The van der Waals surface area contributed by atoms with E-state index in [1.54, 1.807) is 0 Å². The van der Waals surface area contributed by atoms with Gasteiger partial charge in [0.15, 0.2) is 0 Å². The zero-order chi connectivity index (χ0) is 13.7. The third kappa shape index (κ3) is 6.06. The van der Waals surface area contributed by atoms with Crippen molar-refractivity contribution in [3.8, 4) is 0 Å². The summed E-state index contributed by atoms with van der Waals surface area (Å²) in [5.41, 5.74) is 1.29. The SMILES string of the molecule is CC.CC.CC.Cc1cccc2ccncc12. The number of fused-ring (bicyclic) bond motifs is 1. The predicted octanol–water partition coefficient (Wildman–Crippen LogP) is 5.62. The first-order chi connectivity index (χ1) is 8.38. The number of benzene rings is 1. The van der Waals surface area contributed by atoms with Crippen molar-refractivity contribution in [3.63, 3.8) is 0 Å². The van der Waals surface area contributed by atoms with Crippen LogP contribution in [-0.2, 0) is 0 Å². The zero-order valence-corrected chi connectivity index (χ0v) is 12.4. The molecule has 1 aromatic carbocycles. The van der Waals surface area contributed by atoms with E-state index in [9.17, 15) is 0 Å². The maximum absolute atomic E-state index is 4.07. The molecule has 0 saturated heterocycles. The van der Waals surface area contributed by atoms with Gasteiger partial charge in [0, 0.05) is 17.8 Å². The molecule has 0 spiro atoms. The Labute approximate surface area is 107 Å². The second-order valence-electron chi connectivity index (χ2n) is 2.67. The van der Waals surface area contributed by atoms with Crippen LogP contribution in [0, 0.1) is 6.92 Å². The van der Waals surface area contributed by atoms with Crippen molar-refractivity contribution >= 4 is 10.8 Å². The predicted molar refractivity (Wildman–Crippen MR) is 80.5 cm³/mol. The molecular formula is C16H27N. The molecule has 1 aromatic heterocycles. The van der Waals surface area contributed by atoms with Crippen molar-refractivity contribution in [2.75, 3.05) is 0 Å². The molecule has 17 heavy (non-hydrogen) atoms. The quantitative estimate of drug-likeness (QED) is 0.575. The van der Waals surface area contributed by atoms with Gasteiger partial charge in [-0.1, -0.05) is 59.7 Å². The summed E-state index contributed by atoms with van der Waals surface area (Å²) in [7, 11) is 0. The van der Waals surface area contributed by atoms with Crippen LogP contribution in [0.1, 0.15) is 47.1 Å². The molecule has 0 aliphatic heterocycles. The van der Waals surface area contributed by atoms with Crippen LogP contribution in [0.2, 0.25) is 0 Å². The minimum Gasteiger partial charge on any atom is -0.264 e. The fourth-order valence-corrected chi connectivity index (χ4v) is 1.27. The number of aryl methyl sites for hydroxylation is 1. The number of rotatable bonds is 0. The second-order valence-corrected chi connectivity index (χ2v) is 2.67. The lowest BCUT2D eigenvalue weighted by Gasteiger charge is -1.98. The molecule has 0 N–H and O–H groups in total. The van der Waals surface area contributed by atoms with Crippen molar-refractivity contribution in [1.82, 2.24) is 4.98 Å². The van der Waals surface area contributed by atoms with Crippen LogP contribution in [-0.4, -0.2) is 4.98 Å². The molecule has 0 saturated carbocycles. The Hall–Kier alpha value is -1.37. The number of pyridine rings is 1. The fourth-order valence-electron chi connectivity index (χ4n) is 1.27. The summed E-state index contributed by atoms with van der Waals surface area (Å²) in [5.74, 6) is 0. The number of nitrogens with zero attached hydrogens (tertiary/aromatic N) is 1. The van der Waals surface area contributed by atoms with Crippen molar-refractivity contribution in [1.29, 1.82) is 0 Å². The van der Waals surface area contributed by atoms with Crippen LogP contribution in [0.25, 0.3) is 10.8 Å². The van der Waals surface area contributed by atoms with Gasteiger partial charge in [-0.2, -0.15) is 0 Å². The lowest BCUT2D eigenvalue weighted by atomic mass is 10.1. The van der Waals surface area contributed by atoms with E-state index < -0.39 is 0 Å². The molecule has 0 fully saturated rings. The van der Waals surface area contributed by atoms with Crippen molar-refractivity contribution in [3.05, 3.63) is 42.2 Å². The summed E-state index contributed by atoms with van der Waals surface area (Å²) in [6.07, 6.45) is 3.73. The molecule has 1 heteroatoms. The van der Waals surface area contributed by atoms with E-state index in [-0.39, 0.29) is 0 Å². The highest BCUT2D eigenvalue weighted by Crippen LogP contribution is 2.15. The highest BCUT2D eigenvalue weighted by molar-refractivity contribution is 5.84. The van der Waals surface area contributed by atoms with E-state index in [1.165, 1.54) is 16.3 Å². The van der Waals surface area contributed by atoms with Crippen molar-refractivity contribution < 1.29 is 0 Å². The zero-order valence-electron chi connectivity index (χ0n) is 12.4. The Morgan fingerprint density at radius 3 is 1.94 bits per heavy atom. The lowest BCUT2D eigenvalue weighted by Crippen LogP contribution is -1.78. The monoisotopic (exact) mass is 233 g/mol. The van der Waals surface area contributed by atoms with E-state index >= 15 is 0 Å². The maximum Gasteiger partial charge on any atom is 0.0349 e. The Bertz CT molecular complexity index is 375. The third-order valence-corrected chi connectivity index (χ3v) is 1.90. The number of aromatic nitrogens is 1. The standard InChI is InChI=1S/C10H9N.3C2H6/c1-8-3-2-4-9-5-6-11-7-10(8)9;3*1-2/h2-7H,1H3;3*1-2H3. The van der Waals surface area contributed by atoms with Gasteiger partial charge in [0.05, 0.1) is 0 Å². The molecular weight excluding hydrogens is 206 g/mol. The van der Waals surface area contributed by atoms with Crippen molar-refractivity contribution in [2.24, 2.45) is 0 Å². The largest absolute Gasteiger partial charge is 0.264 e. The molecule has 0 radical (unpaired) electrons. The van der Waals surface area contributed by atoms with Crippen LogP contribution in [0.3, 0.4) is 0 Å². The van der Waals surface area contributed by atoms with Gasteiger partial charge in [0.25, 0.3) is 0 Å². The Kier molecular flexibility index (Phi) is 13.5. The molecule has 2 aromatic rings. The molecule has 0 unspecified atom stereocenters. The van der Waals surface area contributed by atoms with Crippen LogP contribution in [0.15, 0.2) is 36.7 Å². The smallest absolute Gasteiger partial charge is 0.0349 e. The Morgan fingerprint density at radius 1 is 0.824 bits per heavy atom. The third-order valence-electron chi connectivity index (χ3n) is 1.90. The maximum atomic E-state index is 4.07. The van der Waals surface area contributed by atoms with Crippen molar-refractivity contribution in [2.45, 2.75) is 48.5 Å². The highest BCUT2D eigenvalue weighted by Gasteiger charge is 1.92. The lowest BCUT2D eigenvalue weighted by molar-refractivity contribution is 1.35. The molecule has 0 bridgehead atoms. The van der Waals surface area contributed by atoms with Gasteiger partial charge >= 0.3 is 0 Å². The second kappa shape index (κ2) is 12.7. The van der Waals surface area contributed by atoms with E-state index in [4.69, 9.17) is 0 Å². The molecule has 1 nitrogen and oxygen atoms in total. The minimum atomic E-state index is 1.25. The van der Waals surface area contributed by atoms with Crippen LogP contribution in [0.5, 0.6) is 0 Å². The van der Waals surface area contributed by atoms with Crippen LogP contribution < -0.4 is 0 Å². The summed E-state index contributed by atoms with van der Waals surface area (Å²) in [5, 5.41) is 2.51. The van der Waals surface area contributed by atoms with E-state index in [2.05, 4.69) is 30.1 Å². The Balaban J connectivity index is 0. The van der Waals surface area contributed by atoms with Gasteiger partial charge in [0.1, 0.15) is 0 Å². The van der Waals surface area contributed by atoms with Gasteiger partial charge in [-0.3, -0.25) is 4.98 Å². The number of hydrogen-bond donors (Lipinski definition) is 0. The molecule has 0 atom stereocenters. The molecule has 0 aliphatic carbocycles. The summed E-state index contributed by atoms with van der Waals surface area (Å²) in [6.45, 7) is 14.1. The van der Waals surface area contributed by atoms with Gasteiger partial charge in [-0.25, -0.2) is 0 Å². The fraction of sp³-hybridized carbons (Fsp3) is 0.438. The molecule has 0 amide bonds. The van der Waals surface area contributed by atoms with Gasteiger partial charge in [0.2, 0.25) is 0 Å². The molecule has 96 valence electrons. The van der Waals surface area contributed by atoms with Crippen LogP contribution >= 0.6 is 0 Å². The van der Waals surface area contributed by atoms with E-state index in [1.807, 2.05) is 60.0 Å². The van der Waals surface area contributed by atoms with Gasteiger partial charge in [-0.15, -0.1) is 0 Å². The highest BCUT2D eigenvalue weighted by atomic mass is 14.6. The van der Waals surface area contributed by atoms with Gasteiger partial charge < -0.3 is 0 Å². The first-order valence-electron chi connectivity index (χ1n) is 6.67. The van der Waals surface area contributed by atoms with E-state index in [0.29, 0.717) is 0 Å². The first kappa shape index (κ1) is 18.0. The number of hydrogen-bond acceptors (Lipinski definition) is 1. The summed E-state index contributed by atoms with van der Waals surface area (Å²) in [4.78, 5) is 4.07. The van der Waals surface area contributed by atoms with Crippen LogP contribution in [0.4, 0.5) is 0 Å². The molecule has 1 heterocycles. The first-order valence-corrected chi connectivity index (χ1v) is 6.67. The summed E-state index contributed by atoms with van der Waals surface area (Å²) in [6, 6.07) is 8.30.